The van der Waals surface area contributed by atoms with E-state index < -0.39 is 6.04 Å². The van der Waals surface area contributed by atoms with Gasteiger partial charge in [0, 0.05) is 6.20 Å². The van der Waals surface area contributed by atoms with Gasteiger partial charge in [0.25, 0.3) is 0 Å². The third-order valence-electron chi connectivity index (χ3n) is 2.17. The Labute approximate surface area is 94.6 Å². The maximum Gasteiger partial charge on any atom is 0.331 e. The lowest BCUT2D eigenvalue weighted by Crippen LogP contribution is -2.27. The summed E-state index contributed by atoms with van der Waals surface area (Å²) in [4.78, 5) is 11.7. The summed E-state index contributed by atoms with van der Waals surface area (Å²) in [6.45, 7) is 5.93. The molecule has 5 heteroatoms. The number of carbonyl (C=O) groups is 1. The molecule has 0 saturated heterocycles. The number of hydrogen-bond acceptors (Lipinski definition) is 4. The predicted molar refractivity (Wildman–Crippen MR) is 57.5 cm³/mol. The fraction of sp³-hybridized carbons (Fsp3) is 0.545. The number of carbonyl (C=O) groups excluding carboxylic acids is 1. The Balaban J connectivity index is 2.94. The summed E-state index contributed by atoms with van der Waals surface area (Å²) in [6, 6.07) is 3.04. The minimum Gasteiger partial charge on any atom is -0.464 e. The molecule has 0 bridgehead atoms. The van der Waals surface area contributed by atoms with Crippen LogP contribution in [0.25, 0.3) is 0 Å². The second kappa shape index (κ2) is 5.31. The Bertz CT molecular complexity index is 404. The van der Waals surface area contributed by atoms with Crippen molar-refractivity contribution in [2.45, 2.75) is 26.8 Å². The molecular weight excluding hydrogens is 206 g/mol. The van der Waals surface area contributed by atoms with Crippen molar-refractivity contribution < 1.29 is 9.53 Å². The van der Waals surface area contributed by atoms with Gasteiger partial charge < -0.3 is 4.74 Å². The fourth-order valence-corrected chi connectivity index (χ4v) is 1.47. The number of esters is 1. The number of nitrogens with zero attached hydrogens (tertiary/aromatic N) is 3. The van der Waals surface area contributed by atoms with Gasteiger partial charge in [-0.2, -0.15) is 10.4 Å². The number of ether oxygens (including phenoxy) is 1. The number of rotatable bonds is 4. The molecule has 1 atom stereocenters. The molecule has 1 aromatic heterocycles. The van der Waals surface area contributed by atoms with Gasteiger partial charge in [-0.1, -0.05) is 13.8 Å². The van der Waals surface area contributed by atoms with Crippen LogP contribution in [0.5, 0.6) is 0 Å². The largest absolute Gasteiger partial charge is 0.464 e. The highest BCUT2D eigenvalue weighted by molar-refractivity contribution is 5.74. The maximum absolute atomic E-state index is 11.7. The summed E-state index contributed by atoms with van der Waals surface area (Å²) in [5, 5.41) is 12.7. The lowest BCUT2D eigenvalue weighted by Gasteiger charge is -2.19. The summed E-state index contributed by atoms with van der Waals surface area (Å²) in [7, 11) is 0. The molecule has 0 amide bonds. The zero-order valence-corrected chi connectivity index (χ0v) is 9.67. The van der Waals surface area contributed by atoms with Crippen molar-refractivity contribution in [1.82, 2.24) is 9.78 Å². The van der Waals surface area contributed by atoms with Gasteiger partial charge in [-0.25, -0.2) is 4.79 Å². The van der Waals surface area contributed by atoms with Crippen molar-refractivity contribution in [3.63, 3.8) is 0 Å². The molecule has 0 saturated carbocycles. The number of aromatic nitrogens is 2. The summed E-state index contributed by atoms with van der Waals surface area (Å²) >= 11 is 0. The van der Waals surface area contributed by atoms with E-state index in [1.807, 2.05) is 19.9 Å². The topological polar surface area (TPSA) is 67.9 Å². The van der Waals surface area contributed by atoms with E-state index >= 15 is 0 Å². The third-order valence-corrected chi connectivity index (χ3v) is 2.17. The van der Waals surface area contributed by atoms with E-state index in [0.717, 1.165) is 0 Å². The average Bonchev–Trinajstić information content (AvgIpc) is 2.66. The van der Waals surface area contributed by atoms with Crippen molar-refractivity contribution in [2.24, 2.45) is 5.92 Å². The zero-order valence-electron chi connectivity index (χ0n) is 9.67. The molecule has 0 aliphatic heterocycles. The van der Waals surface area contributed by atoms with Gasteiger partial charge in [0.15, 0.2) is 11.7 Å². The van der Waals surface area contributed by atoms with Gasteiger partial charge in [0.1, 0.15) is 6.07 Å². The van der Waals surface area contributed by atoms with Crippen LogP contribution in [0.3, 0.4) is 0 Å². The Morgan fingerprint density at radius 1 is 1.69 bits per heavy atom. The van der Waals surface area contributed by atoms with Gasteiger partial charge in [-0.05, 0) is 18.9 Å². The normalized spacial score (nSPS) is 12.2. The fourth-order valence-electron chi connectivity index (χ4n) is 1.47. The van der Waals surface area contributed by atoms with Crippen LogP contribution >= 0.6 is 0 Å². The minimum atomic E-state index is -0.470. The predicted octanol–water partition coefficient (Wildman–Crippen LogP) is 1.51. The number of nitriles is 1. The molecule has 1 heterocycles. The third kappa shape index (κ3) is 2.60. The first-order valence-corrected chi connectivity index (χ1v) is 5.22. The van der Waals surface area contributed by atoms with Gasteiger partial charge in [-0.3, -0.25) is 4.68 Å². The Hall–Kier alpha value is -1.83. The summed E-state index contributed by atoms with van der Waals surface area (Å²) < 4.78 is 6.47. The van der Waals surface area contributed by atoms with Crippen molar-refractivity contribution in [3.8, 4) is 6.07 Å². The molecule has 0 spiro atoms. The molecule has 0 fully saturated rings. The molecule has 0 aliphatic carbocycles. The van der Waals surface area contributed by atoms with Crippen LogP contribution in [0.2, 0.25) is 0 Å². The van der Waals surface area contributed by atoms with Gasteiger partial charge in [-0.15, -0.1) is 0 Å². The van der Waals surface area contributed by atoms with Crippen molar-refractivity contribution in [3.05, 3.63) is 18.0 Å². The highest BCUT2D eigenvalue weighted by Crippen LogP contribution is 2.18. The summed E-state index contributed by atoms with van der Waals surface area (Å²) in [5.74, 6) is -0.254. The average molecular weight is 221 g/mol. The van der Waals surface area contributed by atoms with E-state index in [0.29, 0.717) is 12.3 Å². The molecule has 1 aromatic rings. The van der Waals surface area contributed by atoms with Crippen molar-refractivity contribution in [2.75, 3.05) is 6.61 Å². The molecule has 0 N–H and O–H groups in total. The lowest BCUT2D eigenvalue weighted by atomic mass is 10.1. The molecule has 0 radical (unpaired) electrons. The lowest BCUT2D eigenvalue weighted by molar-refractivity contribution is -0.149. The van der Waals surface area contributed by atoms with Crippen LogP contribution in [0.4, 0.5) is 0 Å². The molecule has 16 heavy (non-hydrogen) atoms. The highest BCUT2D eigenvalue weighted by Gasteiger charge is 2.26. The van der Waals surface area contributed by atoms with E-state index in [4.69, 9.17) is 10.00 Å². The molecule has 0 aliphatic rings. The SMILES string of the molecule is CCOC(=O)C(C(C)C)n1ccc(C#N)n1. The Morgan fingerprint density at radius 3 is 2.81 bits per heavy atom. The maximum atomic E-state index is 11.7. The van der Waals surface area contributed by atoms with Gasteiger partial charge in [0.05, 0.1) is 6.61 Å². The van der Waals surface area contributed by atoms with E-state index in [1.165, 1.54) is 4.68 Å². The molecule has 0 aromatic carbocycles. The Morgan fingerprint density at radius 2 is 2.38 bits per heavy atom. The second-order valence-electron chi connectivity index (χ2n) is 3.73. The highest BCUT2D eigenvalue weighted by atomic mass is 16.5. The Kier molecular flexibility index (Phi) is 4.06. The molecule has 1 rings (SSSR count). The first-order valence-electron chi connectivity index (χ1n) is 5.22. The summed E-state index contributed by atoms with van der Waals surface area (Å²) in [6.07, 6.45) is 1.63. The molecule has 86 valence electrons. The van der Waals surface area contributed by atoms with E-state index in [1.54, 1.807) is 19.2 Å². The molecule has 5 nitrogen and oxygen atoms in total. The van der Waals surface area contributed by atoms with Crippen LogP contribution in [-0.2, 0) is 9.53 Å². The van der Waals surface area contributed by atoms with Crippen molar-refractivity contribution in [1.29, 1.82) is 5.26 Å². The van der Waals surface area contributed by atoms with Crippen LogP contribution in [0, 0.1) is 17.2 Å². The van der Waals surface area contributed by atoms with Crippen molar-refractivity contribution >= 4 is 5.97 Å². The van der Waals surface area contributed by atoms with E-state index in [-0.39, 0.29) is 11.9 Å². The van der Waals surface area contributed by atoms with E-state index in [2.05, 4.69) is 5.10 Å². The number of hydrogen-bond donors (Lipinski definition) is 0. The van der Waals surface area contributed by atoms with Crippen LogP contribution < -0.4 is 0 Å². The zero-order chi connectivity index (χ0) is 12.1. The molecule has 1 unspecified atom stereocenters. The first kappa shape index (κ1) is 12.2. The standard InChI is InChI=1S/C11H15N3O2/c1-4-16-11(15)10(8(2)3)14-6-5-9(7-12)13-14/h5-6,8,10H,4H2,1-3H3. The summed E-state index contributed by atoms with van der Waals surface area (Å²) in [5.41, 5.74) is 0.301. The smallest absolute Gasteiger partial charge is 0.331 e. The van der Waals surface area contributed by atoms with Gasteiger partial charge in [0.2, 0.25) is 0 Å². The minimum absolute atomic E-state index is 0.0606. The first-order chi connectivity index (χ1) is 7.60. The van der Waals surface area contributed by atoms with E-state index in [9.17, 15) is 4.79 Å². The monoisotopic (exact) mass is 221 g/mol. The van der Waals surface area contributed by atoms with Crippen LogP contribution in [-0.4, -0.2) is 22.4 Å². The van der Waals surface area contributed by atoms with Gasteiger partial charge >= 0.3 is 5.97 Å². The van der Waals surface area contributed by atoms with Crippen LogP contribution in [0.15, 0.2) is 12.3 Å². The second-order valence-corrected chi connectivity index (χ2v) is 3.73. The quantitative estimate of drug-likeness (QED) is 0.723. The molecular formula is C11H15N3O2. The van der Waals surface area contributed by atoms with Crippen LogP contribution in [0.1, 0.15) is 32.5 Å².